The number of esters is 2. The maximum atomic E-state index is 12.7. The van der Waals surface area contributed by atoms with Gasteiger partial charge in [0.1, 0.15) is 5.60 Å². The molecule has 3 N–H and O–H groups in total. The average Bonchev–Trinajstić information content (AvgIpc) is 1.60. The summed E-state index contributed by atoms with van der Waals surface area (Å²) in [5, 5.41) is 3.18. The van der Waals surface area contributed by atoms with E-state index in [1.165, 1.54) is 63.8 Å². The molecule has 3 saturated heterocycles. The van der Waals surface area contributed by atoms with E-state index in [0.717, 1.165) is 129 Å². The quantitative estimate of drug-likeness (QED) is 0.0227. The molecule has 2 amide bonds. The maximum Gasteiger partial charge on any atom is 0.410 e. The van der Waals surface area contributed by atoms with Crippen LogP contribution in [0.2, 0.25) is 39.3 Å². The Balaban J connectivity index is 0.000000179. The van der Waals surface area contributed by atoms with E-state index in [-0.39, 0.29) is 53.3 Å². The normalized spacial score (nSPS) is 17.7. The number of aldehydes is 1. The number of nitrogens with zero attached hydrogens (tertiary/aromatic N) is 8. The first kappa shape index (κ1) is 95.3. The fraction of sp³-hybridized carbons (Fsp3) is 0.419. The van der Waals surface area contributed by atoms with Gasteiger partial charge in [0, 0.05) is 163 Å². The van der Waals surface area contributed by atoms with Gasteiger partial charge < -0.3 is 40.0 Å². The van der Waals surface area contributed by atoms with Gasteiger partial charge in [0.2, 0.25) is 0 Å². The zero-order valence-corrected chi connectivity index (χ0v) is 79.4. The van der Waals surface area contributed by atoms with E-state index in [0.29, 0.717) is 29.5 Å². The molecule has 0 bridgehead atoms. The molecule has 0 aromatic heterocycles. The Hall–Kier alpha value is -7.15. The van der Waals surface area contributed by atoms with Crippen molar-refractivity contribution in [2.75, 3.05) is 92.0 Å². The summed E-state index contributed by atoms with van der Waals surface area (Å²) in [6, 6.07) is 67.8. The summed E-state index contributed by atoms with van der Waals surface area (Å²) >= 11 is 13.7. The number of carbonyl (C=O) groups is 5. The highest BCUT2D eigenvalue weighted by atomic mass is 79.9. The Bertz CT molecular complexity index is 4510. The topological polar surface area (TPSA) is 186 Å². The largest absolute Gasteiger partial charge is 0.465 e. The van der Waals surface area contributed by atoms with Crippen LogP contribution < -0.4 is 11.1 Å². The van der Waals surface area contributed by atoms with Gasteiger partial charge in [-0.3, -0.25) is 34.2 Å². The SMILES string of the molecule is CC(C)(C)OC(=O)N1CCNCC1.COC(=O)c1cc(Br)ccc1C=N[C@H](C)CN(Cc1ccccc1)C[Si](C)(C)C.COC(=O)c1cc(Br)ccc1C=O.C[C@@H](N)CN(Cc1ccccc1)C[Si](C)(C)C.C[C@@H]1CN(Cc2ccccc2)C[C@@H]2c3ccc(Br)cc3C(=O)N12.C[C@@H]1CN(Cc2ccccc2)C[C@@H]2c3ccc(Br)cc3CN12. The lowest BCUT2D eigenvalue weighted by Gasteiger charge is -2.42. The monoisotopic (exact) mass is 1880 g/mol. The predicted octanol–water partition coefficient (Wildman–Crippen LogP) is 19.1. The summed E-state index contributed by atoms with van der Waals surface area (Å²) < 4.78 is 18.4. The van der Waals surface area contributed by atoms with Gasteiger partial charge in [0.05, 0.1) is 53.6 Å². The Morgan fingerprint density at radius 2 is 1.01 bits per heavy atom. The number of carbonyl (C=O) groups excluding carboxylic acids is 5. The van der Waals surface area contributed by atoms with Crippen LogP contribution in [0.1, 0.15) is 146 Å². The molecule has 0 aliphatic carbocycles. The standard InChI is InChI=1S/C23H31BrN2O2Si.C19H19BrN2O.C19H21BrN2.C14H26N2Si.C9H7BrO3.C9H18N2O2/c1-18(25-14-20-11-12-21(24)13-22(20)23(27)28-2)15-26(17-29(3,4)5)16-19-9-7-6-8-10-19;1-13-10-21(11-14-5-3-2-4-6-14)12-18-16-8-7-15(20)9-17(16)19(23)22(13)18;1-14-10-21(11-15-5-3-2-4-6-15)13-19-18-8-7-17(20)9-16(18)12-22(14)19;1-13(15)10-16(12-17(2,3)4)11-14-8-6-5-7-9-14;1-13-9(12)8-4-7(10)3-2-6(8)5-11;1-9(2,3)13-8(12)11-6-4-10-5-7-11/h6-14,18H,15-17H2,1-5H3;2-9,13,18H,10-12H2,1H3;2-9,14,19H,10-13H2,1H3;5-9,13H,10-12,15H2,1-4H3;2-5H,1H3;10H,4-7H2,1-3H3/t18-;13-,18-;14-,19-;13-;;/m1111../s1. The van der Waals surface area contributed by atoms with Crippen molar-refractivity contribution in [3.63, 3.8) is 0 Å². The molecular formula is C93H122Br4N10O8Si2. The van der Waals surface area contributed by atoms with Crippen LogP contribution in [-0.4, -0.2) is 209 Å². The van der Waals surface area contributed by atoms with Crippen LogP contribution in [0.25, 0.3) is 0 Å². The molecule has 5 aliphatic rings. The minimum Gasteiger partial charge on any atom is -0.465 e. The number of fused-ring (bicyclic) bond motifs is 6. The van der Waals surface area contributed by atoms with Crippen molar-refractivity contribution in [2.45, 2.75) is 162 Å². The molecule has 0 unspecified atom stereocenters. The molecule has 24 heteroatoms. The van der Waals surface area contributed by atoms with Crippen LogP contribution in [0.3, 0.4) is 0 Å². The number of hydrogen-bond acceptors (Lipinski definition) is 16. The highest BCUT2D eigenvalue weighted by molar-refractivity contribution is 9.11. The van der Waals surface area contributed by atoms with Gasteiger partial charge in [-0.2, -0.15) is 0 Å². The molecular weight excluding hydrogens is 1760 g/mol. The van der Waals surface area contributed by atoms with Crippen molar-refractivity contribution in [1.29, 1.82) is 0 Å². The number of methoxy groups -OCH3 is 2. The minimum atomic E-state index is -1.26. The van der Waals surface area contributed by atoms with Gasteiger partial charge in [-0.25, -0.2) is 14.4 Å². The van der Waals surface area contributed by atoms with Gasteiger partial charge in [0.25, 0.3) is 5.91 Å². The number of nitrogens with two attached hydrogens (primary N) is 1. The fourth-order valence-electron chi connectivity index (χ4n) is 15.3. The maximum absolute atomic E-state index is 12.7. The number of benzene rings is 8. The molecule has 3 fully saturated rings. The van der Waals surface area contributed by atoms with Gasteiger partial charge >= 0.3 is 18.0 Å². The third kappa shape index (κ3) is 31.4. The summed E-state index contributed by atoms with van der Waals surface area (Å²) in [5.41, 5.74) is 17.9. The molecule has 0 saturated carbocycles. The zero-order chi connectivity index (χ0) is 85.2. The third-order valence-corrected chi connectivity index (χ3v) is 24.8. The van der Waals surface area contributed by atoms with E-state index in [2.05, 4.69) is 310 Å². The Morgan fingerprint density at radius 3 is 1.49 bits per heavy atom. The Morgan fingerprint density at radius 1 is 0.573 bits per heavy atom. The second-order valence-electron chi connectivity index (χ2n) is 34.4. The molecule has 117 heavy (non-hydrogen) atoms. The van der Waals surface area contributed by atoms with Gasteiger partial charge in [-0.1, -0.05) is 243 Å². The summed E-state index contributed by atoms with van der Waals surface area (Å²) in [7, 11) is 0.343. The highest BCUT2D eigenvalue weighted by Crippen LogP contribution is 2.42. The van der Waals surface area contributed by atoms with Crippen molar-refractivity contribution < 1.29 is 38.2 Å². The zero-order valence-electron chi connectivity index (χ0n) is 71.0. The molecule has 0 spiro atoms. The van der Waals surface area contributed by atoms with Crippen molar-refractivity contribution in [2.24, 2.45) is 10.7 Å². The molecule has 6 atom stereocenters. The summed E-state index contributed by atoms with van der Waals surface area (Å²) in [4.78, 5) is 79.3. The van der Waals surface area contributed by atoms with Crippen LogP contribution in [-0.2, 0) is 46.9 Å². The van der Waals surface area contributed by atoms with Crippen molar-refractivity contribution >= 4 is 116 Å². The number of amides is 2. The van der Waals surface area contributed by atoms with Gasteiger partial charge in [-0.15, -0.1) is 0 Å². The smallest absolute Gasteiger partial charge is 0.410 e. The number of nitrogens with one attached hydrogen (secondary N) is 1. The summed E-state index contributed by atoms with van der Waals surface area (Å²) in [6.07, 6.45) is 4.54. The molecule has 628 valence electrons. The van der Waals surface area contributed by atoms with E-state index in [4.69, 9.17) is 20.2 Å². The summed E-state index contributed by atoms with van der Waals surface area (Å²) in [6.45, 7) is 43.0. The van der Waals surface area contributed by atoms with E-state index in [1.54, 1.807) is 35.4 Å². The van der Waals surface area contributed by atoms with Crippen LogP contribution >= 0.6 is 63.7 Å². The van der Waals surface area contributed by atoms with E-state index in [9.17, 15) is 24.0 Å². The van der Waals surface area contributed by atoms with Crippen LogP contribution in [0.4, 0.5) is 4.79 Å². The molecule has 0 radical (unpaired) electrons. The number of hydrogen-bond donors (Lipinski definition) is 2. The average molecular weight is 1880 g/mol. The van der Waals surface area contributed by atoms with Crippen molar-refractivity contribution in [3.05, 3.63) is 279 Å². The number of piperazine rings is 3. The third-order valence-electron chi connectivity index (χ3n) is 20.0. The first-order valence-corrected chi connectivity index (χ1v) is 51.0. The van der Waals surface area contributed by atoms with Crippen LogP contribution in [0.15, 0.2) is 217 Å². The Kier molecular flexibility index (Phi) is 37.5. The van der Waals surface area contributed by atoms with Crippen LogP contribution in [0.5, 0.6) is 0 Å². The molecule has 18 nitrogen and oxygen atoms in total. The van der Waals surface area contributed by atoms with Gasteiger partial charge in [0.15, 0.2) is 6.29 Å². The minimum absolute atomic E-state index is 0.115. The molecule has 8 aromatic carbocycles. The first-order valence-electron chi connectivity index (χ1n) is 40.5. The fourth-order valence-corrected chi connectivity index (χ4v) is 19.9. The number of aliphatic imine (C=N–C) groups is 1. The van der Waals surface area contributed by atoms with Crippen LogP contribution in [0, 0.1) is 0 Å². The van der Waals surface area contributed by atoms with E-state index < -0.39 is 22.1 Å². The first-order chi connectivity index (χ1) is 55.5. The predicted molar refractivity (Wildman–Crippen MR) is 496 cm³/mol. The van der Waals surface area contributed by atoms with E-state index >= 15 is 0 Å². The summed E-state index contributed by atoms with van der Waals surface area (Å²) in [5.74, 6) is -0.689. The molecule has 5 aliphatic heterocycles. The Labute approximate surface area is 732 Å². The number of rotatable bonds is 21. The second-order valence-corrected chi connectivity index (χ2v) is 48.9. The second kappa shape index (κ2) is 46.0. The lowest BCUT2D eigenvalue weighted by molar-refractivity contribution is 0.0227. The van der Waals surface area contributed by atoms with Gasteiger partial charge in [-0.05, 0) is 154 Å². The van der Waals surface area contributed by atoms with E-state index in [1.807, 2.05) is 51.1 Å². The highest BCUT2D eigenvalue weighted by Gasteiger charge is 2.44. The number of ether oxygens (including phenoxy) is 3. The van der Waals surface area contributed by atoms with Crippen molar-refractivity contribution in [3.8, 4) is 0 Å². The number of halogens is 4. The molecule has 5 heterocycles. The molecule has 8 aromatic rings. The lowest BCUT2D eigenvalue weighted by atomic mass is 10.0. The lowest BCUT2D eigenvalue weighted by Crippen LogP contribution is -2.52. The van der Waals surface area contributed by atoms with Crippen molar-refractivity contribution in [1.82, 2.24) is 39.6 Å². The molecule has 13 rings (SSSR count).